The van der Waals surface area contributed by atoms with Crippen molar-refractivity contribution < 1.29 is 19.1 Å². The molecule has 1 aliphatic rings. The van der Waals surface area contributed by atoms with Gasteiger partial charge in [0.25, 0.3) is 5.91 Å². The van der Waals surface area contributed by atoms with Gasteiger partial charge in [-0.25, -0.2) is 4.68 Å². The number of piperidine rings is 1. The molecule has 8 nitrogen and oxygen atoms in total. The predicted molar refractivity (Wildman–Crippen MR) is 116 cm³/mol. The minimum absolute atomic E-state index is 0.0476. The van der Waals surface area contributed by atoms with Crippen molar-refractivity contribution in [3.05, 3.63) is 47.8 Å². The third-order valence-corrected chi connectivity index (χ3v) is 5.55. The van der Waals surface area contributed by atoms with Crippen molar-refractivity contribution in [1.82, 2.24) is 19.6 Å². The van der Waals surface area contributed by atoms with E-state index in [1.165, 1.54) is 4.90 Å². The van der Waals surface area contributed by atoms with Gasteiger partial charge in [0.1, 0.15) is 0 Å². The molecule has 1 aromatic carbocycles. The maximum absolute atomic E-state index is 13.1. The molecule has 3 rings (SSSR count). The molecule has 2 amide bonds. The van der Waals surface area contributed by atoms with Gasteiger partial charge >= 0.3 is 5.97 Å². The van der Waals surface area contributed by atoms with E-state index in [1.807, 2.05) is 37.3 Å². The zero-order valence-electron chi connectivity index (χ0n) is 18.4. The number of para-hydroxylation sites is 1. The Morgan fingerprint density at radius 2 is 1.94 bits per heavy atom. The molecular weight excluding hydrogens is 396 g/mol. The van der Waals surface area contributed by atoms with E-state index in [0.29, 0.717) is 31.7 Å². The zero-order chi connectivity index (χ0) is 22.4. The molecule has 166 valence electrons. The summed E-state index contributed by atoms with van der Waals surface area (Å²) in [6.07, 6.45) is 3.66. The second-order valence-electron chi connectivity index (χ2n) is 7.70. The Hall–Kier alpha value is -3.16. The molecule has 1 saturated heterocycles. The SMILES string of the molecule is CCOC(=O)C1CCCN(C(=O)CN(C)C(=O)c2cnn(-c3ccccc3)c2CC)C1. The number of likely N-dealkylation sites (tertiary alicyclic amines) is 1. The summed E-state index contributed by atoms with van der Waals surface area (Å²) in [6.45, 7) is 4.95. The van der Waals surface area contributed by atoms with E-state index >= 15 is 0 Å². The lowest BCUT2D eigenvalue weighted by atomic mass is 9.98. The summed E-state index contributed by atoms with van der Waals surface area (Å²) in [6, 6.07) is 9.64. The van der Waals surface area contributed by atoms with Gasteiger partial charge in [-0.15, -0.1) is 0 Å². The van der Waals surface area contributed by atoms with Crippen LogP contribution in [0.5, 0.6) is 0 Å². The number of aromatic nitrogens is 2. The summed E-state index contributed by atoms with van der Waals surface area (Å²) in [5, 5.41) is 4.40. The summed E-state index contributed by atoms with van der Waals surface area (Å²) in [5.74, 6) is -0.968. The third-order valence-electron chi connectivity index (χ3n) is 5.55. The Morgan fingerprint density at radius 3 is 2.61 bits per heavy atom. The van der Waals surface area contributed by atoms with E-state index < -0.39 is 0 Å². The molecule has 2 aromatic rings. The smallest absolute Gasteiger partial charge is 0.310 e. The first-order chi connectivity index (χ1) is 15.0. The fraction of sp³-hybridized carbons (Fsp3) is 0.478. The molecule has 0 N–H and O–H groups in total. The fourth-order valence-electron chi connectivity index (χ4n) is 3.92. The van der Waals surface area contributed by atoms with Gasteiger partial charge in [0.15, 0.2) is 0 Å². The molecule has 1 atom stereocenters. The van der Waals surface area contributed by atoms with E-state index in [4.69, 9.17) is 4.74 Å². The quantitative estimate of drug-likeness (QED) is 0.635. The van der Waals surface area contributed by atoms with Crippen LogP contribution in [0.4, 0.5) is 0 Å². The molecule has 1 unspecified atom stereocenters. The highest BCUT2D eigenvalue weighted by Gasteiger charge is 2.30. The topological polar surface area (TPSA) is 84.7 Å². The summed E-state index contributed by atoms with van der Waals surface area (Å²) in [4.78, 5) is 41.0. The number of hydrogen-bond acceptors (Lipinski definition) is 5. The Morgan fingerprint density at radius 1 is 1.19 bits per heavy atom. The summed E-state index contributed by atoms with van der Waals surface area (Å²) < 4.78 is 6.86. The van der Waals surface area contributed by atoms with Gasteiger partial charge < -0.3 is 14.5 Å². The van der Waals surface area contributed by atoms with Crippen LogP contribution in [0.15, 0.2) is 36.5 Å². The van der Waals surface area contributed by atoms with Gasteiger partial charge in [-0.2, -0.15) is 5.10 Å². The van der Waals surface area contributed by atoms with Gasteiger partial charge in [0, 0.05) is 20.1 Å². The predicted octanol–water partition coefficient (Wildman–Crippen LogP) is 2.31. The Balaban J connectivity index is 1.67. The highest BCUT2D eigenvalue weighted by Crippen LogP contribution is 2.20. The van der Waals surface area contributed by atoms with Crippen molar-refractivity contribution in [2.75, 3.05) is 33.3 Å². The van der Waals surface area contributed by atoms with E-state index in [9.17, 15) is 14.4 Å². The molecule has 2 heterocycles. The number of carbonyl (C=O) groups excluding carboxylic acids is 3. The largest absolute Gasteiger partial charge is 0.466 e. The number of rotatable bonds is 7. The number of benzene rings is 1. The van der Waals surface area contributed by atoms with Crippen LogP contribution >= 0.6 is 0 Å². The Bertz CT molecular complexity index is 925. The number of esters is 1. The number of amides is 2. The van der Waals surface area contributed by atoms with Crippen LogP contribution < -0.4 is 0 Å². The molecule has 0 aliphatic carbocycles. The molecular formula is C23H30N4O4. The Kier molecular flexibility index (Phi) is 7.44. The van der Waals surface area contributed by atoms with Crippen molar-refractivity contribution in [2.24, 2.45) is 5.92 Å². The number of hydrogen-bond donors (Lipinski definition) is 0. The normalized spacial score (nSPS) is 16.1. The van der Waals surface area contributed by atoms with Crippen LogP contribution in [0.2, 0.25) is 0 Å². The standard InChI is InChI=1S/C23H30N4O4/c1-4-20-19(14-24-27(20)18-11-7-6-8-12-18)22(29)25(3)16-21(28)26-13-9-10-17(15-26)23(30)31-5-2/h6-8,11-12,14,17H,4-5,9-10,13,15-16H2,1-3H3. The first-order valence-corrected chi connectivity index (χ1v) is 10.8. The Labute approximate surface area is 182 Å². The van der Waals surface area contributed by atoms with Crippen LogP contribution in [0.25, 0.3) is 5.69 Å². The van der Waals surface area contributed by atoms with Crippen LogP contribution in [0, 0.1) is 5.92 Å². The maximum Gasteiger partial charge on any atom is 0.310 e. The molecule has 0 radical (unpaired) electrons. The van der Waals surface area contributed by atoms with Gasteiger partial charge in [0.2, 0.25) is 5.91 Å². The first-order valence-electron chi connectivity index (χ1n) is 10.8. The van der Waals surface area contributed by atoms with Crippen molar-refractivity contribution in [1.29, 1.82) is 0 Å². The number of ether oxygens (including phenoxy) is 1. The second-order valence-corrected chi connectivity index (χ2v) is 7.70. The maximum atomic E-state index is 13.1. The lowest BCUT2D eigenvalue weighted by Gasteiger charge is -2.32. The van der Waals surface area contributed by atoms with E-state index in [0.717, 1.165) is 24.2 Å². The van der Waals surface area contributed by atoms with Crippen molar-refractivity contribution in [3.8, 4) is 5.69 Å². The summed E-state index contributed by atoms with van der Waals surface area (Å²) in [7, 11) is 1.62. The van der Waals surface area contributed by atoms with Gasteiger partial charge in [0.05, 0.1) is 42.2 Å². The first kappa shape index (κ1) is 22.5. The molecule has 31 heavy (non-hydrogen) atoms. The van der Waals surface area contributed by atoms with Crippen molar-refractivity contribution >= 4 is 17.8 Å². The average molecular weight is 427 g/mol. The molecule has 0 spiro atoms. The van der Waals surface area contributed by atoms with E-state index in [2.05, 4.69) is 5.10 Å². The van der Waals surface area contributed by atoms with Crippen LogP contribution in [0.1, 0.15) is 42.7 Å². The molecule has 1 aromatic heterocycles. The second kappa shape index (κ2) is 10.2. The highest BCUT2D eigenvalue weighted by atomic mass is 16.5. The lowest BCUT2D eigenvalue weighted by Crippen LogP contribution is -2.47. The monoisotopic (exact) mass is 426 g/mol. The zero-order valence-corrected chi connectivity index (χ0v) is 18.4. The highest BCUT2D eigenvalue weighted by molar-refractivity contribution is 5.97. The summed E-state index contributed by atoms with van der Waals surface area (Å²) >= 11 is 0. The van der Waals surface area contributed by atoms with Gasteiger partial charge in [-0.3, -0.25) is 14.4 Å². The molecule has 0 bridgehead atoms. The van der Waals surface area contributed by atoms with Crippen LogP contribution in [-0.4, -0.2) is 70.7 Å². The van der Waals surface area contributed by atoms with Gasteiger partial charge in [-0.1, -0.05) is 25.1 Å². The molecule has 1 aliphatic heterocycles. The average Bonchev–Trinajstić information content (AvgIpc) is 3.23. The minimum atomic E-state index is -0.297. The molecule has 8 heteroatoms. The molecule has 1 fully saturated rings. The van der Waals surface area contributed by atoms with Crippen LogP contribution in [0.3, 0.4) is 0 Å². The van der Waals surface area contributed by atoms with E-state index in [1.54, 1.807) is 29.7 Å². The number of carbonyl (C=O) groups is 3. The molecule has 0 saturated carbocycles. The fourth-order valence-corrected chi connectivity index (χ4v) is 3.92. The van der Waals surface area contributed by atoms with Gasteiger partial charge in [-0.05, 0) is 38.3 Å². The third kappa shape index (κ3) is 5.13. The van der Waals surface area contributed by atoms with E-state index in [-0.39, 0.29) is 30.2 Å². The minimum Gasteiger partial charge on any atom is -0.466 e. The summed E-state index contributed by atoms with van der Waals surface area (Å²) in [5.41, 5.74) is 2.18. The van der Waals surface area contributed by atoms with Crippen molar-refractivity contribution in [3.63, 3.8) is 0 Å². The number of likely N-dealkylation sites (N-methyl/N-ethyl adjacent to an activating group) is 1. The van der Waals surface area contributed by atoms with Crippen LogP contribution in [-0.2, 0) is 20.7 Å². The van der Waals surface area contributed by atoms with Crippen molar-refractivity contribution in [2.45, 2.75) is 33.1 Å². The lowest BCUT2D eigenvalue weighted by molar-refractivity contribution is -0.151. The number of nitrogens with zero attached hydrogens (tertiary/aromatic N) is 4.